The number of carbonyl (C=O) groups is 1. The summed E-state index contributed by atoms with van der Waals surface area (Å²) in [5.41, 5.74) is 2.25. The molecule has 2 aliphatic rings. The van der Waals surface area contributed by atoms with E-state index >= 15 is 0 Å². The summed E-state index contributed by atoms with van der Waals surface area (Å²) in [6, 6.07) is 8.33. The number of aliphatic imine (C=N–C) groups is 1. The lowest BCUT2D eigenvalue weighted by Gasteiger charge is -2.41. The lowest BCUT2D eigenvalue weighted by Crippen LogP contribution is -2.56. The topological polar surface area (TPSA) is 81.2 Å². The van der Waals surface area contributed by atoms with Crippen molar-refractivity contribution in [2.75, 3.05) is 63.9 Å². The van der Waals surface area contributed by atoms with Crippen molar-refractivity contribution < 1.29 is 9.53 Å². The highest BCUT2D eigenvalue weighted by Gasteiger charge is 2.28. The second-order valence-electron chi connectivity index (χ2n) is 8.40. The molecule has 0 radical (unpaired) electrons. The molecule has 8 nitrogen and oxygen atoms in total. The van der Waals surface area contributed by atoms with E-state index in [2.05, 4.69) is 70.8 Å². The summed E-state index contributed by atoms with van der Waals surface area (Å²) in [6.45, 7) is 14.3. The molecule has 2 fully saturated rings. The SMILES string of the molecule is CCNC(=NCc1ccc(N2CCNC(=O)C2)cc1)NCC(C)(C)N1CCOCC1. The first kappa shape index (κ1) is 22.4. The van der Waals surface area contributed by atoms with Crippen molar-refractivity contribution in [3.8, 4) is 0 Å². The molecule has 0 bridgehead atoms. The molecule has 2 heterocycles. The van der Waals surface area contributed by atoms with E-state index in [0.29, 0.717) is 19.6 Å². The van der Waals surface area contributed by atoms with E-state index in [-0.39, 0.29) is 11.4 Å². The van der Waals surface area contributed by atoms with E-state index in [4.69, 9.17) is 9.73 Å². The van der Waals surface area contributed by atoms with Gasteiger partial charge in [0.15, 0.2) is 5.96 Å². The van der Waals surface area contributed by atoms with Gasteiger partial charge >= 0.3 is 0 Å². The van der Waals surface area contributed by atoms with Gasteiger partial charge in [-0.2, -0.15) is 0 Å². The van der Waals surface area contributed by atoms with Crippen LogP contribution in [-0.4, -0.2) is 81.3 Å². The fraction of sp³-hybridized carbons (Fsp3) is 0.636. The van der Waals surface area contributed by atoms with Crippen LogP contribution in [0.3, 0.4) is 0 Å². The average Bonchev–Trinajstić information content (AvgIpc) is 2.77. The summed E-state index contributed by atoms with van der Waals surface area (Å²) in [5, 5.41) is 9.70. The number of nitrogens with one attached hydrogen (secondary N) is 3. The fourth-order valence-electron chi connectivity index (χ4n) is 3.76. The molecule has 1 aromatic carbocycles. The third-order valence-corrected chi connectivity index (χ3v) is 5.66. The van der Waals surface area contributed by atoms with E-state index < -0.39 is 0 Å². The maximum absolute atomic E-state index is 11.6. The maximum atomic E-state index is 11.6. The molecule has 3 N–H and O–H groups in total. The summed E-state index contributed by atoms with van der Waals surface area (Å²) in [6.07, 6.45) is 0. The van der Waals surface area contributed by atoms with E-state index in [1.54, 1.807) is 0 Å². The van der Waals surface area contributed by atoms with Crippen LogP contribution < -0.4 is 20.9 Å². The molecule has 0 atom stereocenters. The highest BCUT2D eigenvalue weighted by molar-refractivity contribution is 5.82. The van der Waals surface area contributed by atoms with E-state index in [1.807, 2.05) is 0 Å². The minimum Gasteiger partial charge on any atom is -0.379 e. The first-order valence-corrected chi connectivity index (χ1v) is 10.9. The van der Waals surface area contributed by atoms with Crippen LogP contribution in [0.5, 0.6) is 0 Å². The van der Waals surface area contributed by atoms with Crippen LogP contribution in [0.1, 0.15) is 26.3 Å². The number of guanidine groups is 1. The number of hydrogen-bond donors (Lipinski definition) is 3. The Kier molecular flexibility index (Phi) is 7.93. The molecule has 3 rings (SSSR count). The van der Waals surface area contributed by atoms with E-state index in [9.17, 15) is 4.79 Å². The Morgan fingerprint density at radius 3 is 2.57 bits per heavy atom. The minimum absolute atomic E-state index is 0.0301. The van der Waals surface area contributed by atoms with Crippen LogP contribution in [0.15, 0.2) is 29.3 Å². The van der Waals surface area contributed by atoms with Gasteiger partial charge in [0.2, 0.25) is 5.91 Å². The Hall–Kier alpha value is -2.32. The average molecular weight is 417 g/mol. The van der Waals surface area contributed by atoms with Crippen molar-refractivity contribution in [3.63, 3.8) is 0 Å². The fourth-order valence-corrected chi connectivity index (χ4v) is 3.76. The highest BCUT2D eigenvalue weighted by Crippen LogP contribution is 2.17. The molecule has 2 aliphatic heterocycles. The van der Waals surface area contributed by atoms with Gasteiger partial charge in [-0.05, 0) is 38.5 Å². The Morgan fingerprint density at radius 2 is 1.90 bits per heavy atom. The molecule has 8 heteroatoms. The summed E-state index contributed by atoms with van der Waals surface area (Å²) in [4.78, 5) is 20.9. The second kappa shape index (κ2) is 10.6. The largest absolute Gasteiger partial charge is 0.379 e. The van der Waals surface area contributed by atoms with Crippen LogP contribution in [0.2, 0.25) is 0 Å². The first-order chi connectivity index (χ1) is 14.5. The Labute approximate surface area is 180 Å². The summed E-state index contributed by atoms with van der Waals surface area (Å²) in [7, 11) is 0. The Morgan fingerprint density at radius 1 is 1.17 bits per heavy atom. The minimum atomic E-state index is 0.0301. The number of benzene rings is 1. The smallest absolute Gasteiger partial charge is 0.239 e. The zero-order chi connectivity index (χ0) is 21.4. The molecule has 0 aromatic heterocycles. The molecule has 0 aliphatic carbocycles. The zero-order valence-corrected chi connectivity index (χ0v) is 18.5. The van der Waals surface area contributed by atoms with E-state index in [1.165, 1.54) is 0 Å². The molecule has 0 spiro atoms. The van der Waals surface area contributed by atoms with E-state index in [0.717, 1.165) is 63.1 Å². The molecule has 1 aromatic rings. The van der Waals surface area contributed by atoms with Gasteiger partial charge in [0.25, 0.3) is 0 Å². The summed E-state index contributed by atoms with van der Waals surface area (Å²) < 4.78 is 5.48. The monoisotopic (exact) mass is 416 g/mol. The number of morpholine rings is 1. The van der Waals surface area contributed by atoms with Crippen molar-refractivity contribution in [1.29, 1.82) is 0 Å². The number of piperazine rings is 1. The van der Waals surface area contributed by atoms with Crippen molar-refractivity contribution in [2.24, 2.45) is 4.99 Å². The molecule has 0 unspecified atom stereocenters. The lowest BCUT2D eigenvalue weighted by molar-refractivity contribution is -0.120. The Balaban J connectivity index is 1.55. The van der Waals surface area contributed by atoms with Crippen molar-refractivity contribution in [3.05, 3.63) is 29.8 Å². The number of nitrogens with zero attached hydrogens (tertiary/aromatic N) is 3. The molecular formula is C22H36N6O2. The molecule has 166 valence electrons. The third kappa shape index (κ3) is 6.34. The Bertz CT molecular complexity index is 713. The van der Waals surface area contributed by atoms with Crippen molar-refractivity contribution in [1.82, 2.24) is 20.9 Å². The third-order valence-electron chi connectivity index (χ3n) is 5.66. The van der Waals surface area contributed by atoms with Gasteiger partial charge in [-0.25, -0.2) is 4.99 Å². The number of carbonyl (C=O) groups excluding carboxylic acids is 1. The van der Waals surface area contributed by atoms with Gasteiger partial charge in [0.05, 0.1) is 26.3 Å². The predicted octanol–water partition coefficient (Wildman–Crippen LogP) is 0.789. The summed E-state index contributed by atoms with van der Waals surface area (Å²) >= 11 is 0. The number of anilines is 1. The quantitative estimate of drug-likeness (QED) is 0.450. The van der Waals surface area contributed by atoms with Crippen LogP contribution in [-0.2, 0) is 16.1 Å². The summed E-state index contributed by atoms with van der Waals surface area (Å²) in [5.74, 6) is 0.909. The van der Waals surface area contributed by atoms with Gasteiger partial charge in [-0.3, -0.25) is 9.69 Å². The predicted molar refractivity (Wildman–Crippen MR) is 121 cm³/mol. The number of amides is 1. The van der Waals surface area contributed by atoms with Gasteiger partial charge in [0, 0.05) is 50.5 Å². The van der Waals surface area contributed by atoms with Crippen LogP contribution in [0.4, 0.5) is 5.69 Å². The number of hydrogen-bond acceptors (Lipinski definition) is 5. The first-order valence-electron chi connectivity index (χ1n) is 10.9. The van der Waals surface area contributed by atoms with Crippen LogP contribution in [0.25, 0.3) is 0 Å². The van der Waals surface area contributed by atoms with Gasteiger partial charge < -0.3 is 25.6 Å². The van der Waals surface area contributed by atoms with Crippen molar-refractivity contribution >= 4 is 17.6 Å². The molecule has 0 saturated carbocycles. The zero-order valence-electron chi connectivity index (χ0n) is 18.5. The van der Waals surface area contributed by atoms with Crippen molar-refractivity contribution in [2.45, 2.75) is 32.9 Å². The van der Waals surface area contributed by atoms with Crippen LogP contribution in [0, 0.1) is 0 Å². The number of ether oxygens (including phenoxy) is 1. The standard InChI is InChI=1S/C22H36N6O2/c1-4-23-21(26-17-22(2,3)28-11-13-30-14-12-28)25-15-18-5-7-19(8-6-18)27-10-9-24-20(29)16-27/h5-8H,4,9-17H2,1-3H3,(H,24,29)(H2,23,25,26). The lowest BCUT2D eigenvalue weighted by atomic mass is 10.0. The van der Waals surface area contributed by atoms with Crippen LogP contribution >= 0.6 is 0 Å². The number of rotatable bonds is 7. The van der Waals surface area contributed by atoms with Gasteiger partial charge in [0.1, 0.15) is 0 Å². The maximum Gasteiger partial charge on any atom is 0.239 e. The molecule has 30 heavy (non-hydrogen) atoms. The molecular weight excluding hydrogens is 380 g/mol. The van der Waals surface area contributed by atoms with Gasteiger partial charge in [-0.1, -0.05) is 12.1 Å². The molecule has 2 saturated heterocycles. The van der Waals surface area contributed by atoms with Gasteiger partial charge in [-0.15, -0.1) is 0 Å². The highest BCUT2D eigenvalue weighted by atomic mass is 16.5. The second-order valence-corrected chi connectivity index (χ2v) is 8.40. The molecule has 1 amide bonds. The normalized spacial score (nSPS) is 18.8.